The molecule has 0 unspecified atom stereocenters. The second kappa shape index (κ2) is 6.29. The van der Waals surface area contributed by atoms with Gasteiger partial charge in [0.1, 0.15) is 11.5 Å². The number of thiophene rings is 1. The van der Waals surface area contributed by atoms with Gasteiger partial charge in [0.25, 0.3) is 5.89 Å². The Hall–Kier alpha value is -2.92. The first-order valence-corrected chi connectivity index (χ1v) is 8.38. The number of rotatable bonds is 4. The second-order valence-corrected chi connectivity index (χ2v) is 6.29. The largest absolute Gasteiger partial charge is 0.457 e. The maximum Gasteiger partial charge on any atom is 0.268 e. The normalized spacial score (nSPS) is 10.7. The molecule has 2 aromatic carbocycles. The maximum atomic E-state index is 5.85. The number of ether oxygens (including phenoxy) is 1. The molecule has 24 heavy (non-hydrogen) atoms. The van der Waals surface area contributed by atoms with E-state index >= 15 is 0 Å². The van der Waals surface area contributed by atoms with Gasteiger partial charge >= 0.3 is 0 Å². The molecule has 4 nitrogen and oxygen atoms in total. The van der Waals surface area contributed by atoms with E-state index in [9.17, 15) is 0 Å². The molecule has 0 N–H and O–H groups in total. The quantitative estimate of drug-likeness (QED) is 0.490. The first-order valence-electron chi connectivity index (χ1n) is 7.50. The zero-order valence-electron chi connectivity index (χ0n) is 13.0. The first-order chi connectivity index (χ1) is 11.8. The molecule has 0 radical (unpaired) electrons. The van der Waals surface area contributed by atoms with Crippen LogP contribution < -0.4 is 4.74 Å². The van der Waals surface area contributed by atoms with E-state index in [1.54, 1.807) is 11.3 Å². The van der Waals surface area contributed by atoms with Gasteiger partial charge in [-0.3, -0.25) is 0 Å². The van der Waals surface area contributed by atoms with Crippen LogP contribution in [0.4, 0.5) is 0 Å². The fourth-order valence-electron chi connectivity index (χ4n) is 2.33. The van der Waals surface area contributed by atoms with Crippen LogP contribution in [0.1, 0.15) is 5.56 Å². The van der Waals surface area contributed by atoms with Gasteiger partial charge in [-0.1, -0.05) is 23.4 Å². The van der Waals surface area contributed by atoms with E-state index in [4.69, 9.17) is 9.26 Å². The Labute approximate surface area is 143 Å². The van der Waals surface area contributed by atoms with Crippen LogP contribution in [0.5, 0.6) is 11.5 Å². The smallest absolute Gasteiger partial charge is 0.268 e. The first kappa shape index (κ1) is 14.7. The molecule has 0 atom stereocenters. The molecule has 0 spiro atoms. The molecule has 0 amide bonds. The Morgan fingerprint density at radius 1 is 0.958 bits per heavy atom. The van der Waals surface area contributed by atoms with Gasteiger partial charge in [0, 0.05) is 5.56 Å². The van der Waals surface area contributed by atoms with Crippen molar-refractivity contribution in [2.24, 2.45) is 0 Å². The van der Waals surface area contributed by atoms with E-state index in [-0.39, 0.29) is 0 Å². The van der Waals surface area contributed by atoms with Gasteiger partial charge in [-0.15, -0.1) is 11.3 Å². The Bertz CT molecular complexity index is 944. The third-order valence-electron chi connectivity index (χ3n) is 3.50. The van der Waals surface area contributed by atoms with E-state index in [0.29, 0.717) is 11.7 Å². The average Bonchev–Trinajstić information content (AvgIpc) is 3.27. The van der Waals surface area contributed by atoms with Gasteiger partial charge < -0.3 is 9.26 Å². The predicted octanol–water partition coefficient (Wildman–Crippen LogP) is 5.57. The van der Waals surface area contributed by atoms with Crippen LogP contribution in [0.2, 0.25) is 0 Å². The summed E-state index contributed by atoms with van der Waals surface area (Å²) in [5, 5.41) is 6.03. The summed E-state index contributed by atoms with van der Waals surface area (Å²) in [5.74, 6) is 2.70. The minimum atomic E-state index is 0.542. The highest BCUT2D eigenvalue weighted by Gasteiger charge is 2.11. The fraction of sp³-hybridized carbons (Fsp3) is 0.0526. The average molecular weight is 334 g/mol. The lowest BCUT2D eigenvalue weighted by molar-refractivity contribution is 0.433. The summed E-state index contributed by atoms with van der Waals surface area (Å²) < 4.78 is 11.2. The molecule has 0 saturated heterocycles. The Kier molecular flexibility index (Phi) is 3.84. The standard InChI is InChI=1S/C19H14N2O2S/c1-13-4-2-5-16(12-13)22-15-9-7-14(8-10-15)18-20-19(23-21-18)17-6-3-11-24-17/h2-12H,1H3. The zero-order chi connectivity index (χ0) is 16.4. The van der Waals surface area contributed by atoms with Crippen molar-refractivity contribution in [1.29, 1.82) is 0 Å². The Morgan fingerprint density at radius 3 is 2.58 bits per heavy atom. The molecule has 5 heteroatoms. The highest BCUT2D eigenvalue weighted by molar-refractivity contribution is 7.13. The summed E-state index contributed by atoms with van der Waals surface area (Å²) >= 11 is 1.57. The molecule has 4 aromatic rings. The van der Waals surface area contributed by atoms with Crippen LogP contribution in [0, 0.1) is 6.92 Å². The Balaban J connectivity index is 1.53. The number of nitrogens with zero attached hydrogens (tertiary/aromatic N) is 2. The number of hydrogen-bond acceptors (Lipinski definition) is 5. The van der Waals surface area contributed by atoms with Crippen molar-refractivity contribution in [1.82, 2.24) is 10.1 Å². The van der Waals surface area contributed by atoms with Gasteiger partial charge in [-0.25, -0.2) is 0 Å². The van der Waals surface area contributed by atoms with E-state index in [1.807, 2.05) is 73.0 Å². The second-order valence-electron chi connectivity index (χ2n) is 5.34. The number of aromatic nitrogens is 2. The van der Waals surface area contributed by atoms with E-state index in [0.717, 1.165) is 27.5 Å². The van der Waals surface area contributed by atoms with E-state index in [1.165, 1.54) is 0 Å². The van der Waals surface area contributed by atoms with E-state index in [2.05, 4.69) is 10.1 Å². The molecular weight excluding hydrogens is 320 g/mol. The van der Waals surface area contributed by atoms with Crippen molar-refractivity contribution in [3.63, 3.8) is 0 Å². The van der Waals surface area contributed by atoms with Crippen LogP contribution in [-0.2, 0) is 0 Å². The lowest BCUT2D eigenvalue weighted by Crippen LogP contribution is -1.86. The van der Waals surface area contributed by atoms with Crippen LogP contribution in [-0.4, -0.2) is 10.1 Å². The van der Waals surface area contributed by atoms with Crippen molar-refractivity contribution < 1.29 is 9.26 Å². The number of hydrogen-bond donors (Lipinski definition) is 0. The predicted molar refractivity (Wildman–Crippen MR) is 94.3 cm³/mol. The molecule has 2 heterocycles. The van der Waals surface area contributed by atoms with Crippen LogP contribution in [0.25, 0.3) is 22.2 Å². The zero-order valence-corrected chi connectivity index (χ0v) is 13.8. The minimum absolute atomic E-state index is 0.542. The topological polar surface area (TPSA) is 48.2 Å². The summed E-state index contributed by atoms with van der Waals surface area (Å²) in [6.07, 6.45) is 0. The lowest BCUT2D eigenvalue weighted by atomic mass is 10.2. The van der Waals surface area contributed by atoms with Gasteiger partial charge in [0.2, 0.25) is 5.82 Å². The van der Waals surface area contributed by atoms with Gasteiger partial charge in [-0.05, 0) is 60.3 Å². The molecule has 2 aromatic heterocycles. The van der Waals surface area contributed by atoms with Gasteiger partial charge in [0.15, 0.2) is 0 Å². The van der Waals surface area contributed by atoms with Gasteiger partial charge in [0.05, 0.1) is 4.88 Å². The lowest BCUT2D eigenvalue weighted by Gasteiger charge is -2.06. The summed E-state index contributed by atoms with van der Waals surface area (Å²) in [7, 11) is 0. The van der Waals surface area contributed by atoms with E-state index < -0.39 is 0 Å². The molecule has 0 bridgehead atoms. The van der Waals surface area contributed by atoms with Crippen molar-refractivity contribution >= 4 is 11.3 Å². The molecule has 0 aliphatic rings. The molecule has 118 valence electrons. The molecule has 0 aliphatic heterocycles. The van der Waals surface area contributed by atoms with Crippen molar-refractivity contribution in [2.75, 3.05) is 0 Å². The van der Waals surface area contributed by atoms with Gasteiger partial charge in [-0.2, -0.15) is 4.98 Å². The minimum Gasteiger partial charge on any atom is -0.457 e. The third-order valence-corrected chi connectivity index (χ3v) is 4.35. The number of aryl methyl sites for hydroxylation is 1. The molecule has 0 saturated carbocycles. The molecular formula is C19H14N2O2S. The highest BCUT2D eigenvalue weighted by atomic mass is 32.1. The van der Waals surface area contributed by atoms with Crippen molar-refractivity contribution in [2.45, 2.75) is 6.92 Å². The fourth-order valence-corrected chi connectivity index (χ4v) is 2.97. The SMILES string of the molecule is Cc1cccc(Oc2ccc(-c3noc(-c4cccs4)n3)cc2)c1. The summed E-state index contributed by atoms with van der Waals surface area (Å²) in [4.78, 5) is 5.41. The summed E-state index contributed by atoms with van der Waals surface area (Å²) in [6.45, 7) is 2.04. The highest BCUT2D eigenvalue weighted by Crippen LogP contribution is 2.28. The third kappa shape index (κ3) is 3.07. The van der Waals surface area contributed by atoms with Crippen LogP contribution >= 0.6 is 11.3 Å². The number of benzene rings is 2. The molecule has 0 aliphatic carbocycles. The monoisotopic (exact) mass is 334 g/mol. The van der Waals surface area contributed by atoms with Crippen molar-refractivity contribution in [3.8, 4) is 33.7 Å². The van der Waals surface area contributed by atoms with Crippen molar-refractivity contribution in [3.05, 3.63) is 71.6 Å². The molecule has 4 rings (SSSR count). The van der Waals surface area contributed by atoms with Crippen LogP contribution in [0.3, 0.4) is 0 Å². The maximum absolute atomic E-state index is 5.85. The van der Waals surface area contributed by atoms with Crippen LogP contribution in [0.15, 0.2) is 70.6 Å². The molecule has 0 fully saturated rings. The Morgan fingerprint density at radius 2 is 1.83 bits per heavy atom. The summed E-state index contributed by atoms with van der Waals surface area (Å²) in [5.41, 5.74) is 2.05. The summed E-state index contributed by atoms with van der Waals surface area (Å²) in [6, 6.07) is 19.5.